The highest BCUT2D eigenvalue weighted by Gasteiger charge is 2.40. The van der Waals surface area contributed by atoms with E-state index in [1.54, 1.807) is 26.1 Å². The second-order valence-electron chi connectivity index (χ2n) is 14.4. The van der Waals surface area contributed by atoms with Crippen molar-refractivity contribution < 1.29 is 28.7 Å². The Kier molecular flexibility index (Phi) is 18.6. The second kappa shape index (κ2) is 19.7. The fourth-order valence-corrected chi connectivity index (χ4v) is 5.66. The maximum absolute atomic E-state index is 14.1. The molecule has 45 heavy (non-hydrogen) atoms. The number of nitrogens with zero attached hydrogens (tertiary/aromatic N) is 2. The Hall–Kier alpha value is -2.69. The predicted octanol–water partition coefficient (Wildman–Crippen LogP) is 3.73. The molecule has 0 saturated heterocycles. The number of rotatable bonds is 20. The number of hydrogen-bond acceptors (Lipinski definition) is 6. The molecule has 5 amide bonds. The molecule has 0 aliphatic carbocycles. The van der Waals surface area contributed by atoms with Gasteiger partial charge < -0.3 is 30.9 Å². The predicted molar refractivity (Wildman–Crippen MR) is 179 cm³/mol. The molecule has 0 radical (unpaired) electrons. The summed E-state index contributed by atoms with van der Waals surface area (Å²) >= 11 is 0. The Morgan fingerprint density at radius 1 is 0.867 bits per heavy atom. The van der Waals surface area contributed by atoms with E-state index in [2.05, 4.69) is 10.6 Å². The van der Waals surface area contributed by atoms with Crippen LogP contribution in [-0.2, 0) is 28.7 Å². The van der Waals surface area contributed by atoms with Crippen LogP contribution in [0.1, 0.15) is 108 Å². The molecular formula is C34H65N5O6. The fourth-order valence-electron chi connectivity index (χ4n) is 5.66. The number of unbranched alkanes of at least 4 members (excludes halogenated alkanes) is 2. The van der Waals surface area contributed by atoms with Crippen LogP contribution in [0.4, 0.5) is 0 Å². The SMILES string of the molecule is CC[C@H](C)[C@@H]([C@@H](CC(=O)NCCCCC[C@@H](C)C(N)=O)OC)N(C)C(=O)[C@@H](NC(=O)[C@H](C(C)C)N(C)C(=O)C(C)(C)C)C(C)C. The quantitative estimate of drug-likeness (QED) is 0.173. The van der Waals surface area contributed by atoms with E-state index in [0.29, 0.717) is 6.54 Å². The van der Waals surface area contributed by atoms with Gasteiger partial charge in [-0.2, -0.15) is 0 Å². The van der Waals surface area contributed by atoms with Crippen molar-refractivity contribution in [1.29, 1.82) is 0 Å². The van der Waals surface area contributed by atoms with E-state index in [9.17, 15) is 24.0 Å². The van der Waals surface area contributed by atoms with Gasteiger partial charge in [0, 0.05) is 39.1 Å². The van der Waals surface area contributed by atoms with E-state index < -0.39 is 29.6 Å². The number of likely N-dealkylation sites (N-methyl/N-ethyl adjacent to an activating group) is 2. The van der Waals surface area contributed by atoms with Gasteiger partial charge in [-0.25, -0.2) is 0 Å². The molecule has 0 heterocycles. The number of nitrogens with one attached hydrogen (secondary N) is 2. The van der Waals surface area contributed by atoms with Crippen LogP contribution in [0.2, 0.25) is 0 Å². The molecule has 0 rings (SSSR count). The third-order valence-electron chi connectivity index (χ3n) is 8.72. The van der Waals surface area contributed by atoms with Crippen LogP contribution >= 0.6 is 0 Å². The molecule has 0 unspecified atom stereocenters. The second-order valence-corrected chi connectivity index (χ2v) is 14.4. The summed E-state index contributed by atoms with van der Waals surface area (Å²) in [6.45, 7) is 19.3. The zero-order valence-corrected chi connectivity index (χ0v) is 30.5. The highest BCUT2D eigenvalue weighted by atomic mass is 16.5. The molecular weight excluding hydrogens is 574 g/mol. The topological polar surface area (TPSA) is 151 Å². The molecule has 0 saturated carbocycles. The number of carbonyl (C=O) groups excluding carboxylic acids is 5. The number of hydrogen-bond donors (Lipinski definition) is 3. The van der Waals surface area contributed by atoms with Crippen LogP contribution in [0.3, 0.4) is 0 Å². The number of methoxy groups -OCH3 is 1. The van der Waals surface area contributed by atoms with Gasteiger partial charge in [-0.15, -0.1) is 0 Å². The molecule has 0 aliphatic rings. The normalized spacial score (nSPS) is 15.9. The highest BCUT2D eigenvalue weighted by molar-refractivity contribution is 5.93. The molecule has 0 aromatic carbocycles. The Labute approximate surface area is 273 Å². The van der Waals surface area contributed by atoms with E-state index in [1.165, 1.54) is 4.90 Å². The number of primary amides is 1. The molecule has 0 aromatic heterocycles. The first-order valence-electron chi connectivity index (χ1n) is 16.7. The van der Waals surface area contributed by atoms with Gasteiger partial charge in [0.1, 0.15) is 12.1 Å². The van der Waals surface area contributed by atoms with E-state index >= 15 is 0 Å². The number of amides is 5. The summed E-state index contributed by atoms with van der Waals surface area (Å²) in [5, 5.41) is 5.92. The first-order chi connectivity index (χ1) is 20.7. The van der Waals surface area contributed by atoms with Crippen LogP contribution in [0.15, 0.2) is 0 Å². The van der Waals surface area contributed by atoms with Crippen molar-refractivity contribution in [3.05, 3.63) is 0 Å². The van der Waals surface area contributed by atoms with Crippen molar-refractivity contribution >= 4 is 29.5 Å². The van der Waals surface area contributed by atoms with Gasteiger partial charge in [0.15, 0.2) is 0 Å². The van der Waals surface area contributed by atoms with Gasteiger partial charge in [0.25, 0.3) is 0 Å². The van der Waals surface area contributed by atoms with E-state index in [-0.39, 0.29) is 59.6 Å². The van der Waals surface area contributed by atoms with Crippen LogP contribution in [0.5, 0.6) is 0 Å². The Balaban J connectivity index is 5.72. The third-order valence-corrected chi connectivity index (χ3v) is 8.72. The maximum atomic E-state index is 14.1. The van der Waals surface area contributed by atoms with E-state index in [1.807, 2.05) is 69.2 Å². The van der Waals surface area contributed by atoms with Crippen LogP contribution in [-0.4, -0.2) is 91.3 Å². The molecule has 262 valence electrons. The molecule has 11 nitrogen and oxygen atoms in total. The van der Waals surface area contributed by atoms with Crippen LogP contribution in [0, 0.1) is 29.1 Å². The molecule has 0 spiro atoms. The van der Waals surface area contributed by atoms with Crippen molar-refractivity contribution in [2.75, 3.05) is 27.7 Å². The molecule has 0 fully saturated rings. The zero-order chi connectivity index (χ0) is 35.2. The van der Waals surface area contributed by atoms with Crippen LogP contribution in [0.25, 0.3) is 0 Å². The summed E-state index contributed by atoms with van der Waals surface area (Å²) in [4.78, 5) is 68.0. The van der Waals surface area contributed by atoms with Gasteiger partial charge >= 0.3 is 0 Å². The smallest absolute Gasteiger partial charge is 0.245 e. The average molecular weight is 640 g/mol. The number of carbonyl (C=O) groups is 5. The number of ether oxygens (including phenoxy) is 1. The molecule has 0 bridgehead atoms. The minimum atomic E-state index is -0.836. The Bertz CT molecular complexity index is 963. The first-order valence-corrected chi connectivity index (χ1v) is 16.7. The van der Waals surface area contributed by atoms with Gasteiger partial charge in [0.2, 0.25) is 29.5 Å². The lowest BCUT2D eigenvalue weighted by molar-refractivity contribution is -0.149. The summed E-state index contributed by atoms with van der Waals surface area (Å²) < 4.78 is 5.82. The monoisotopic (exact) mass is 639 g/mol. The molecule has 0 aromatic rings. The van der Waals surface area contributed by atoms with Gasteiger partial charge in [-0.1, -0.05) is 88.5 Å². The lowest BCUT2D eigenvalue weighted by Gasteiger charge is -2.40. The van der Waals surface area contributed by atoms with Gasteiger partial charge in [-0.3, -0.25) is 24.0 Å². The maximum Gasteiger partial charge on any atom is 0.245 e. The first kappa shape index (κ1) is 42.3. The summed E-state index contributed by atoms with van der Waals surface area (Å²) in [5.74, 6) is -1.82. The standard InChI is InChI=1S/C34H65N5O6/c1-14-23(6)29(25(45-13)20-26(40)36-19-17-15-16-18-24(7)30(35)41)38(11)32(43)27(21(2)3)37-31(42)28(22(4)5)39(12)33(44)34(8,9)10/h21-25,27-29H,14-20H2,1-13H3,(H2,35,41)(H,36,40)(H,37,42)/t23-,24+,25+,27-,28-,29-/m0/s1. The van der Waals surface area contributed by atoms with Crippen molar-refractivity contribution in [2.24, 2.45) is 34.8 Å². The summed E-state index contributed by atoms with van der Waals surface area (Å²) in [6, 6.07) is -2.00. The van der Waals surface area contributed by atoms with E-state index in [0.717, 1.165) is 32.1 Å². The van der Waals surface area contributed by atoms with E-state index in [4.69, 9.17) is 10.5 Å². The summed E-state index contributed by atoms with van der Waals surface area (Å²) in [7, 11) is 4.88. The third kappa shape index (κ3) is 13.7. The molecule has 6 atom stereocenters. The Morgan fingerprint density at radius 2 is 1.44 bits per heavy atom. The molecule has 11 heteroatoms. The Morgan fingerprint density at radius 3 is 1.89 bits per heavy atom. The minimum Gasteiger partial charge on any atom is -0.379 e. The van der Waals surface area contributed by atoms with Crippen molar-refractivity contribution in [3.8, 4) is 0 Å². The molecule has 4 N–H and O–H groups in total. The lowest BCUT2D eigenvalue weighted by Crippen LogP contribution is -2.60. The molecule has 0 aliphatic heterocycles. The van der Waals surface area contributed by atoms with Crippen molar-refractivity contribution in [1.82, 2.24) is 20.4 Å². The lowest BCUT2D eigenvalue weighted by atomic mass is 9.89. The number of nitrogens with two attached hydrogens (primary N) is 1. The fraction of sp³-hybridized carbons (Fsp3) is 0.853. The zero-order valence-electron chi connectivity index (χ0n) is 30.5. The van der Waals surface area contributed by atoms with Crippen LogP contribution < -0.4 is 16.4 Å². The van der Waals surface area contributed by atoms with Crippen molar-refractivity contribution in [3.63, 3.8) is 0 Å². The van der Waals surface area contributed by atoms with Gasteiger partial charge in [0.05, 0.1) is 18.6 Å². The largest absolute Gasteiger partial charge is 0.379 e. The van der Waals surface area contributed by atoms with Gasteiger partial charge in [-0.05, 0) is 30.6 Å². The average Bonchev–Trinajstić information content (AvgIpc) is 2.94. The minimum absolute atomic E-state index is 0.00594. The summed E-state index contributed by atoms with van der Waals surface area (Å²) in [6.07, 6.45) is 3.51. The summed E-state index contributed by atoms with van der Waals surface area (Å²) in [5.41, 5.74) is 4.65. The van der Waals surface area contributed by atoms with Crippen molar-refractivity contribution in [2.45, 2.75) is 132 Å². The highest BCUT2D eigenvalue weighted by Crippen LogP contribution is 2.24.